The molecule has 0 radical (unpaired) electrons. The average molecular weight is 432 g/mol. The van der Waals surface area contributed by atoms with Crippen LogP contribution in [0.2, 0.25) is 0 Å². The smallest absolute Gasteiger partial charge is 0.195 e. The molecule has 0 aromatic carbocycles. The molecule has 1 rings (SSSR count). The molecule has 3 nitrogen and oxygen atoms in total. The van der Waals surface area contributed by atoms with Crippen LogP contribution in [0.1, 0.15) is 4.88 Å². The molecule has 0 unspecified atom stereocenters. The van der Waals surface area contributed by atoms with Gasteiger partial charge in [0.05, 0.1) is 3.79 Å². The number of hydrogen-bond donors (Lipinski definition) is 0. The summed E-state index contributed by atoms with van der Waals surface area (Å²) in [5.74, 6) is 1.01. The number of halogens is 2. The van der Waals surface area contributed by atoms with Crippen LogP contribution >= 0.6 is 51.2 Å². The first-order chi connectivity index (χ1) is 7.50. The zero-order valence-corrected chi connectivity index (χ0v) is 15.3. The predicted molar refractivity (Wildman–Crippen MR) is 90.8 cm³/mol. The van der Waals surface area contributed by atoms with E-state index in [0.717, 1.165) is 18.9 Å². The topological polar surface area (TPSA) is 18.8 Å². The summed E-state index contributed by atoms with van der Waals surface area (Å²) in [5.41, 5.74) is 0. The third kappa shape index (κ3) is 6.05. The van der Waals surface area contributed by atoms with E-state index in [9.17, 15) is 0 Å². The van der Waals surface area contributed by atoms with Crippen LogP contribution in [0.25, 0.3) is 0 Å². The first kappa shape index (κ1) is 17.2. The maximum Gasteiger partial charge on any atom is 0.195 e. The van der Waals surface area contributed by atoms with Crippen molar-refractivity contribution in [1.82, 2.24) is 9.80 Å². The van der Waals surface area contributed by atoms with Gasteiger partial charge in [0.2, 0.25) is 0 Å². The molecule has 0 aliphatic heterocycles. The van der Waals surface area contributed by atoms with E-state index in [1.165, 1.54) is 8.66 Å². The molecule has 1 aromatic rings. The van der Waals surface area contributed by atoms with Crippen LogP contribution in [0, 0.1) is 0 Å². The number of aliphatic imine (C=N–C) groups is 1. The second kappa shape index (κ2) is 8.31. The molecule has 1 heterocycles. The molecule has 0 fully saturated rings. The Balaban J connectivity index is 0.00000256. The van der Waals surface area contributed by atoms with Crippen LogP contribution in [0.3, 0.4) is 0 Å². The highest BCUT2D eigenvalue weighted by Gasteiger charge is 2.03. The highest BCUT2D eigenvalue weighted by atomic mass is 127. The molecular weight excluding hydrogens is 413 g/mol. The fourth-order valence-electron chi connectivity index (χ4n) is 1.44. The lowest BCUT2D eigenvalue weighted by molar-refractivity contribution is 0.479. The standard InChI is InChI=1S/C11H18BrN3S.HI/c1-14(2)11(15(3)4)13-8-7-9-5-6-10(12)16-9;/h5-6H,7-8H2,1-4H3;1H. The van der Waals surface area contributed by atoms with Gasteiger partial charge in [0.15, 0.2) is 5.96 Å². The van der Waals surface area contributed by atoms with Crippen molar-refractivity contribution in [3.8, 4) is 0 Å². The first-order valence-corrected chi connectivity index (χ1v) is 6.75. The van der Waals surface area contributed by atoms with E-state index in [1.54, 1.807) is 11.3 Å². The molecule has 0 aliphatic rings. The second-order valence-electron chi connectivity index (χ2n) is 3.93. The van der Waals surface area contributed by atoms with E-state index in [0.29, 0.717) is 0 Å². The number of hydrogen-bond acceptors (Lipinski definition) is 2. The molecule has 6 heteroatoms. The molecule has 17 heavy (non-hydrogen) atoms. The maximum atomic E-state index is 4.59. The lowest BCUT2D eigenvalue weighted by atomic mass is 10.3. The summed E-state index contributed by atoms with van der Waals surface area (Å²) in [7, 11) is 8.06. The minimum atomic E-state index is 0. The van der Waals surface area contributed by atoms with Gasteiger partial charge in [-0.15, -0.1) is 35.3 Å². The molecule has 0 saturated carbocycles. The Hall–Kier alpha value is 0.180. The van der Waals surface area contributed by atoms with Gasteiger partial charge in [-0.2, -0.15) is 0 Å². The van der Waals surface area contributed by atoms with Crippen LogP contribution in [-0.2, 0) is 6.42 Å². The van der Waals surface area contributed by atoms with E-state index in [-0.39, 0.29) is 24.0 Å². The average Bonchev–Trinajstić information content (AvgIpc) is 2.57. The van der Waals surface area contributed by atoms with E-state index >= 15 is 0 Å². The van der Waals surface area contributed by atoms with Gasteiger partial charge in [-0.3, -0.25) is 4.99 Å². The Morgan fingerprint density at radius 3 is 2.24 bits per heavy atom. The zero-order chi connectivity index (χ0) is 12.1. The number of thiophene rings is 1. The molecule has 1 aromatic heterocycles. The fourth-order valence-corrected chi connectivity index (χ4v) is 2.91. The summed E-state index contributed by atoms with van der Waals surface area (Å²) in [5, 5.41) is 0. The molecule has 0 saturated heterocycles. The molecule has 98 valence electrons. The van der Waals surface area contributed by atoms with E-state index in [1.807, 2.05) is 38.0 Å². The summed E-state index contributed by atoms with van der Waals surface area (Å²) in [4.78, 5) is 10.0. The quantitative estimate of drug-likeness (QED) is 0.416. The van der Waals surface area contributed by atoms with Crippen LogP contribution in [-0.4, -0.2) is 50.5 Å². The van der Waals surface area contributed by atoms with Crippen molar-refractivity contribution in [2.75, 3.05) is 34.7 Å². The molecule has 0 atom stereocenters. The van der Waals surface area contributed by atoms with Crippen molar-refractivity contribution in [2.24, 2.45) is 4.99 Å². The SMILES string of the molecule is CN(C)C(=NCCc1ccc(Br)s1)N(C)C.I. The third-order valence-corrected chi connectivity index (χ3v) is 3.72. The minimum Gasteiger partial charge on any atom is -0.349 e. The van der Waals surface area contributed by atoms with Gasteiger partial charge in [0.25, 0.3) is 0 Å². The van der Waals surface area contributed by atoms with E-state index in [2.05, 4.69) is 33.1 Å². The van der Waals surface area contributed by atoms with Crippen molar-refractivity contribution in [3.63, 3.8) is 0 Å². The van der Waals surface area contributed by atoms with E-state index < -0.39 is 0 Å². The lowest BCUT2D eigenvalue weighted by Crippen LogP contribution is -2.35. The Morgan fingerprint density at radius 1 is 1.24 bits per heavy atom. The van der Waals surface area contributed by atoms with Gasteiger partial charge in [0, 0.05) is 46.0 Å². The molecule has 0 aliphatic carbocycles. The Kier molecular flexibility index (Phi) is 8.40. The van der Waals surface area contributed by atoms with Gasteiger partial charge < -0.3 is 9.80 Å². The lowest BCUT2D eigenvalue weighted by Gasteiger charge is -2.22. The van der Waals surface area contributed by atoms with Gasteiger partial charge in [-0.05, 0) is 28.1 Å². The highest BCUT2D eigenvalue weighted by Crippen LogP contribution is 2.22. The fraction of sp³-hybridized carbons (Fsp3) is 0.545. The largest absolute Gasteiger partial charge is 0.349 e. The maximum absolute atomic E-state index is 4.59. The predicted octanol–water partition coefficient (Wildman–Crippen LogP) is 3.15. The molecule has 0 amide bonds. The summed E-state index contributed by atoms with van der Waals surface area (Å²) in [6.07, 6.45) is 1.00. The normalized spacial score (nSPS) is 9.47. The summed E-state index contributed by atoms with van der Waals surface area (Å²) in [6.45, 7) is 0.832. The zero-order valence-electron chi connectivity index (χ0n) is 10.6. The monoisotopic (exact) mass is 431 g/mol. The van der Waals surface area contributed by atoms with Gasteiger partial charge in [-0.1, -0.05) is 0 Å². The molecule has 0 spiro atoms. The van der Waals surface area contributed by atoms with Crippen molar-refractivity contribution < 1.29 is 0 Å². The van der Waals surface area contributed by atoms with Crippen LogP contribution in [0.4, 0.5) is 0 Å². The molecule has 0 bridgehead atoms. The highest BCUT2D eigenvalue weighted by molar-refractivity contribution is 14.0. The molecular formula is C11H19BrIN3S. The van der Waals surface area contributed by atoms with Gasteiger partial charge >= 0.3 is 0 Å². The Labute approximate surface area is 133 Å². The van der Waals surface area contributed by atoms with Crippen molar-refractivity contribution in [3.05, 3.63) is 20.8 Å². The van der Waals surface area contributed by atoms with E-state index in [4.69, 9.17) is 0 Å². The molecule has 0 N–H and O–H groups in total. The van der Waals surface area contributed by atoms with Crippen molar-refractivity contribution >= 4 is 57.2 Å². The van der Waals surface area contributed by atoms with Gasteiger partial charge in [0.1, 0.15) is 0 Å². The summed E-state index contributed by atoms with van der Waals surface area (Å²) in [6, 6.07) is 4.23. The Morgan fingerprint density at radius 2 is 1.82 bits per heavy atom. The van der Waals surface area contributed by atoms with Crippen molar-refractivity contribution in [1.29, 1.82) is 0 Å². The summed E-state index contributed by atoms with van der Waals surface area (Å²) >= 11 is 5.24. The Bertz CT molecular complexity index is 353. The summed E-state index contributed by atoms with van der Waals surface area (Å²) < 4.78 is 1.19. The number of guanidine groups is 1. The first-order valence-electron chi connectivity index (χ1n) is 5.14. The van der Waals surface area contributed by atoms with Crippen molar-refractivity contribution in [2.45, 2.75) is 6.42 Å². The third-order valence-electron chi connectivity index (χ3n) is 2.04. The van der Waals surface area contributed by atoms with Crippen LogP contribution in [0.15, 0.2) is 20.9 Å². The van der Waals surface area contributed by atoms with Crippen LogP contribution in [0.5, 0.6) is 0 Å². The number of rotatable bonds is 3. The van der Waals surface area contributed by atoms with Crippen LogP contribution < -0.4 is 0 Å². The minimum absolute atomic E-state index is 0. The van der Waals surface area contributed by atoms with Gasteiger partial charge in [-0.25, -0.2) is 0 Å². The number of nitrogens with zero attached hydrogens (tertiary/aromatic N) is 3. The second-order valence-corrected chi connectivity index (χ2v) is 6.47.